The minimum absolute atomic E-state index is 0.0118. The lowest BCUT2D eigenvalue weighted by Gasteiger charge is -2.41. The van der Waals surface area contributed by atoms with Crippen LogP contribution in [0.4, 0.5) is 0 Å². The molecule has 1 unspecified atom stereocenters. The Morgan fingerprint density at radius 1 is 0.903 bits per heavy atom. The second kappa shape index (κ2) is 8.12. The highest BCUT2D eigenvalue weighted by molar-refractivity contribution is 6.32. The fourth-order valence-corrected chi connectivity index (χ4v) is 4.75. The molecule has 0 spiro atoms. The molecule has 0 saturated carbocycles. The molecule has 0 bridgehead atoms. The number of hydrogen-bond acceptors (Lipinski definition) is 2. The standard InChI is InChI=1S/C26H23ClN2O2/c1-31-20-13-11-19(12-14-20)17-29-22-10-6-5-9-21(22)25(26(29)27)23-15-24(30)28(23)16-18-7-3-2-4-8-18/h2-14,23H,15-17H2,1H3. The molecule has 0 N–H and O–H groups in total. The van der Waals surface area contributed by atoms with Crippen LogP contribution in [0.2, 0.25) is 5.15 Å². The van der Waals surface area contributed by atoms with Gasteiger partial charge in [0.05, 0.1) is 19.6 Å². The van der Waals surface area contributed by atoms with Crippen LogP contribution >= 0.6 is 11.6 Å². The number of carbonyl (C=O) groups is 1. The molecule has 1 saturated heterocycles. The maximum absolute atomic E-state index is 12.5. The Morgan fingerprint density at radius 3 is 2.29 bits per heavy atom. The predicted octanol–water partition coefficient (Wildman–Crippen LogP) is 5.83. The van der Waals surface area contributed by atoms with E-state index in [1.807, 2.05) is 47.4 Å². The van der Waals surface area contributed by atoms with E-state index in [9.17, 15) is 4.79 Å². The van der Waals surface area contributed by atoms with Crippen molar-refractivity contribution >= 4 is 28.4 Å². The first kappa shape index (κ1) is 19.7. The predicted molar refractivity (Wildman–Crippen MR) is 123 cm³/mol. The second-order valence-corrected chi connectivity index (χ2v) is 8.24. The summed E-state index contributed by atoms with van der Waals surface area (Å²) in [7, 11) is 1.67. The van der Waals surface area contributed by atoms with Crippen molar-refractivity contribution in [2.24, 2.45) is 0 Å². The van der Waals surface area contributed by atoms with Crippen molar-refractivity contribution in [3.05, 3.63) is 101 Å². The van der Waals surface area contributed by atoms with Crippen LogP contribution in [0.1, 0.15) is 29.2 Å². The van der Waals surface area contributed by atoms with Gasteiger partial charge in [0.15, 0.2) is 0 Å². The summed E-state index contributed by atoms with van der Waals surface area (Å²) in [5, 5.41) is 1.81. The van der Waals surface area contributed by atoms with Crippen molar-refractivity contribution in [3.8, 4) is 5.75 Å². The number of methoxy groups -OCH3 is 1. The summed E-state index contributed by atoms with van der Waals surface area (Å²) >= 11 is 6.98. The van der Waals surface area contributed by atoms with Gasteiger partial charge in [-0.2, -0.15) is 0 Å². The summed E-state index contributed by atoms with van der Waals surface area (Å²) in [6.07, 6.45) is 0.489. The second-order valence-electron chi connectivity index (χ2n) is 7.88. The van der Waals surface area contributed by atoms with Gasteiger partial charge in [-0.05, 0) is 29.3 Å². The molecule has 4 aromatic rings. The van der Waals surface area contributed by atoms with Crippen molar-refractivity contribution in [1.82, 2.24) is 9.47 Å². The first-order chi connectivity index (χ1) is 15.2. The number of ether oxygens (including phenoxy) is 1. The number of likely N-dealkylation sites (tertiary alicyclic amines) is 1. The highest BCUT2D eigenvalue weighted by atomic mass is 35.5. The molecule has 0 aliphatic carbocycles. The summed E-state index contributed by atoms with van der Waals surface area (Å²) in [5.41, 5.74) is 4.39. The molecule has 2 heterocycles. The average Bonchev–Trinajstić information content (AvgIpc) is 3.08. The number of carbonyl (C=O) groups excluding carboxylic acids is 1. The Bertz CT molecular complexity index is 1230. The topological polar surface area (TPSA) is 34.5 Å². The van der Waals surface area contributed by atoms with Crippen LogP contribution < -0.4 is 4.74 Å². The summed E-state index contributed by atoms with van der Waals surface area (Å²) < 4.78 is 7.41. The van der Waals surface area contributed by atoms with Crippen LogP contribution in [0.5, 0.6) is 5.75 Å². The first-order valence-corrected chi connectivity index (χ1v) is 10.8. The zero-order valence-corrected chi connectivity index (χ0v) is 18.0. The van der Waals surface area contributed by atoms with Gasteiger partial charge in [-0.15, -0.1) is 0 Å². The number of aromatic nitrogens is 1. The molecule has 1 amide bonds. The molecule has 0 radical (unpaired) electrons. The van der Waals surface area contributed by atoms with E-state index in [0.717, 1.165) is 33.3 Å². The molecular weight excluding hydrogens is 408 g/mol. The fraction of sp³-hybridized carbons (Fsp3) is 0.192. The number of halogens is 1. The zero-order chi connectivity index (χ0) is 21.4. The molecule has 5 rings (SSSR count). The van der Waals surface area contributed by atoms with E-state index in [-0.39, 0.29) is 11.9 Å². The quantitative estimate of drug-likeness (QED) is 0.361. The molecule has 31 heavy (non-hydrogen) atoms. The van der Waals surface area contributed by atoms with Crippen molar-refractivity contribution in [1.29, 1.82) is 0 Å². The summed E-state index contributed by atoms with van der Waals surface area (Å²) in [4.78, 5) is 14.4. The molecule has 5 heteroatoms. The summed E-state index contributed by atoms with van der Waals surface area (Å²) in [5.74, 6) is 0.995. The van der Waals surface area contributed by atoms with E-state index in [2.05, 4.69) is 41.0 Å². The number of β-lactam (4-membered cyclic amide) rings is 1. The maximum Gasteiger partial charge on any atom is 0.225 e. The normalized spacial score (nSPS) is 15.9. The SMILES string of the molecule is COc1ccc(Cn2c(Cl)c(C3CC(=O)N3Cc3ccccc3)c3ccccc32)cc1. The van der Waals surface area contributed by atoms with Crippen LogP contribution in [-0.4, -0.2) is 22.5 Å². The molecule has 1 aliphatic heterocycles. The third kappa shape index (κ3) is 3.57. The number of nitrogens with zero attached hydrogens (tertiary/aromatic N) is 2. The summed E-state index contributed by atoms with van der Waals surface area (Å²) in [6.45, 7) is 1.25. The van der Waals surface area contributed by atoms with Crippen molar-refractivity contribution in [2.75, 3.05) is 7.11 Å². The first-order valence-electron chi connectivity index (χ1n) is 10.4. The van der Waals surface area contributed by atoms with Gasteiger partial charge in [-0.3, -0.25) is 4.79 Å². The fourth-order valence-electron chi connectivity index (χ4n) is 4.37. The molecular formula is C26H23ClN2O2. The number of amides is 1. The highest BCUT2D eigenvalue weighted by Gasteiger charge is 2.40. The monoisotopic (exact) mass is 430 g/mol. The summed E-state index contributed by atoms with van der Waals surface area (Å²) in [6, 6.07) is 26.4. The van der Waals surface area contributed by atoms with Crippen LogP contribution in [0, 0.1) is 0 Å². The van der Waals surface area contributed by atoms with Crippen LogP contribution in [0.3, 0.4) is 0 Å². The lowest BCUT2D eigenvalue weighted by Crippen LogP contribution is -2.45. The van der Waals surface area contributed by atoms with E-state index in [1.54, 1.807) is 7.11 Å². The average molecular weight is 431 g/mol. The Kier molecular flexibility index (Phi) is 5.16. The van der Waals surface area contributed by atoms with E-state index in [0.29, 0.717) is 24.7 Å². The van der Waals surface area contributed by atoms with Gasteiger partial charge in [-0.25, -0.2) is 0 Å². The largest absolute Gasteiger partial charge is 0.497 e. The molecule has 4 nitrogen and oxygen atoms in total. The number of benzene rings is 3. The van der Waals surface area contributed by atoms with Crippen molar-refractivity contribution in [3.63, 3.8) is 0 Å². The van der Waals surface area contributed by atoms with Gasteiger partial charge in [0.1, 0.15) is 10.9 Å². The molecule has 3 aromatic carbocycles. The number of rotatable bonds is 6. The van der Waals surface area contributed by atoms with Gasteiger partial charge in [0, 0.05) is 29.6 Å². The van der Waals surface area contributed by atoms with E-state index < -0.39 is 0 Å². The lowest BCUT2D eigenvalue weighted by molar-refractivity contribution is -0.147. The Balaban J connectivity index is 1.52. The third-order valence-corrected chi connectivity index (χ3v) is 6.45. The minimum Gasteiger partial charge on any atom is -0.497 e. The van der Waals surface area contributed by atoms with Crippen LogP contribution in [0.25, 0.3) is 10.9 Å². The zero-order valence-electron chi connectivity index (χ0n) is 17.3. The number of hydrogen-bond donors (Lipinski definition) is 0. The van der Waals surface area contributed by atoms with E-state index in [4.69, 9.17) is 16.3 Å². The maximum atomic E-state index is 12.5. The van der Waals surface area contributed by atoms with Gasteiger partial charge in [0.25, 0.3) is 0 Å². The smallest absolute Gasteiger partial charge is 0.225 e. The lowest BCUT2D eigenvalue weighted by atomic mass is 9.92. The van der Waals surface area contributed by atoms with Crippen molar-refractivity contribution in [2.45, 2.75) is 25.6 Å². The Labute approximate surface area is 186 Å². The van der Waals surface area contributed by atoms with E-state index in [1.165, 1.54) is 0 Å². The van der Waals surface area contributed by atoms with Gasteiger partial charge >= 0.3 is 0 Å². The number of fused-ring (bicyclic) bond motifs is 1. The molecule has 1 aromatic heterocycles. The minimum atomic E-state index is -0.0118. The van der Waals surface area contributed by atoms with Gasteiger partial charge in [0.2, 0.25) is 5.91 Å². The van der Waals surface area contributed by atoms with Gasteiger partial charge in [-0.1, -0.05) is 72.3 Å². The molecule has 1 fully saturated rings. The highest BCUT2D eigenvalue weighted by Crippen LogP contribution is 2.44. The van der Waals surface area contributed by atoms with Crippen molar-refractivity contribution < 1.29 is 9.53 Å². The Hall–Kier alpha value is -3.24. The third-order valence-electron chi connectivity index (χ3n) is 6.04. The Morgan fingerprint density at radius 2 is 1.58 bits per heavy atom. The van der Waals surface area contributed by atoms with Crippen LogP contribution in [-0.2, 0) is 17.9 Å². The molecule has 1 atom stereocenters. The van der Waals surface area contributed by atoms with Gasteiger partial charge < -0.3 is 14.2 Å². The molecule has 156 valence electrons. The molecule has 1 aliphatic rings. The van der Waals surface area contributed by atoms with E-state index >= 15 is 0 Å². The van der Waals surface area contributed by atoms with Crippen LogP contribution in [0.15, 0.2) is 78.9 Å². The number of para-hydroxylation sites is 1.